The molecule has 0 unspecified atom stereocenters. The molecule has 2 aromatic carbocycles. The summed E-state index contributed by atoms with van der Waals surface area (Å²) in [7, 11) is 1.59. The van der Waals surface area contributed by atoms with Crippen molar-refractivity contribution < 1.29 is 18.7 Å². The Hall–Kier alpha value is -3.39. The predicted molar refractivity (Wildman–Crippen MR) is 106 cm³/mol. The van der Waals surface area contributed by atoms with E-state index in [1.807, 2.05) is 12.1 Å². The molecule has 1 aromatic heterocycles. The van der Waals surface area contributed by atoms with Crippen LogP contribution < -0.4 is 15.0 Å². The number of halogens is 1. The molecule has 0 bridgehead atoms. The van der Waals surface area contributed by atoms with Gasteiger partial charge in [-0.05, 0) is 48.5 Å². The topological polar surface area (TPSA) is 97.6 Å². The second-order valence-corrected chi connectivity index (χ2v) is 6.95. The first kappa shape index (κ1) is 18.9. The fraction of sp³-hybridized carbons (Fsp3) is 0.200. The van der Waals surface area contributed by atoms with Crippen molar-refractivity contribution in [2.24, 2.45) is 0 Å². The van der Waals surface area contributed by atoms with Crippen molar-refractivity contribution in [2.45, 2.75) is 12.3 Å². The molecule has 2 heterocycles. The Morgan fingerprint density at radius 3 is 2.59 bits per heavy atom. The zero-order chi connectivity index (χ0) is 20.4. The van der Waals surface area contributed by atoms with Crippen molar-refractivity contribution in [1.82, 2.24) is 10.2 Å². The average Bonchev–Trinajstić information content (AvgIpc) is 3.35. The maximum Gasteiger partial charge on any atom is 0.322 e. The quantitative estimate of drug-likeness (QED) is 0.688. The Kier molecular flexibility index (Phi) is 5.18. The van der Waals surface area contributed by atoms with E-state index in [1.54, 1.807) is 48.4 Å². The van der Waals surface area contributed by atoms with Crippen LogP contribution in [0.3, 0.4) is 0 Å². The lowest BCUT2D eigenvalue weighted by Gasteiger charge is -2.16. The number of carbonyl (C=O) groups is 2. The lowest BCUT2D eigenvalue weighted by atomic mass is 10.1. The first-order valence-corrected chi connectivity index (χ1v) is 9.26. The number of rotatable bonds is 5. The number of ether oxygens (including phenoxy) is 1. The Bertz CT molecular complexity index is 1030. The van der Waals surface area contributed by atoms with Gasteiger partial charge in [0.1, 0.15) is 5.75 Å². The normalized spacial score (nSPS) is 16.1. The minimum Gasteiger partial charge on any atom is -0.497 e. The van der Waals surface area contributed by atoms with E-state index in [1.165, 1.54) is 0 Å². The Morgan fingerprint density at radius 1 is 1.17 bits per heavy atom. The molecule has 1 aliphatic rings. The van der Waals surface area contributed by atoms with Gasteiger partial charge in [-0.15, -0.1) is 5.10 Å². The van der Waals surface area contributed by atoms with Gasteiger partial charge in [-0.1, -0.05) is 16.7 Å². The highest BCUT2D eigenvalue weighted by Gasteiger charge is 2.35. The van der Waals surface area contributed by atoms with Gasteiger partial charge < -0.3 is 14.1 Å². The number of anilines is 2. The number of aromatic nitrogens is 2. The van der Waals surface area contributed by atoms with Gasteiger partial charge in [0, 0.05) is 29.2 Å². The van der Waals surface area contributed by atoms with Crippen molar-refractivity contribution in [3.8, 4) is 5.75 Å². The van der Waals surface area contributed by atoms with E-state index >= 15 is 0 Å². The standard InChI is InChI=1S/C20H17ClN4O4/c1-28-16-8-6-15(7-9-16)25-11-13(10-17(25)26)19-23-24-20(29-19)22-18(27)12-2-4-14(21)5-3-12/h2-9,13H,10-11H2,1H3,(H,22,24,27)/t13-/m1/s1. The SMILES string of the molecule is COc1ccc(N2C[C@H](c3nnc(NC(=O)c4ccc(Cl)cc4)o3)CC2=O)cc1. The van der Waals surface area contributed by atoms with Crippen LogP contribution in [0.1, 0.15) is 28.6 Å². The summed E-state index contributed by atoms with van der Waals surface area (Å²) in [6.45, 7) is 0.415. The van der Waals surface area contributed by atoms with Gasteiger partial charge in [0.25, 0.3) is 5.91 Å². The van der Waals surface area contributed by atoms with Gasteiger partial charge in [-0.3, -0.25) is 14.9 Å². The molecule has 8 nitrogen and oxygen atoms in total. The molecule has 1 atom stereocenters. The molecule has 9 heteroatoms. The maximum absolute atomic E-state index is 12.4. The summed E-state index contributed by atoms with van der Waals surface area (Å²) in [5, 5.41) is 11.0. The fourth-order valence-electron chi connectivity index (χ4n) is 3.11. The number of nitrogens with zero attached hydrogens (tertiary/aromatic N) is 3. The second-order valence-electron chi connectivity index (χ2n) is 6.51. The lowest BCUT2D eigenvalue weighted by molar-refractivity contribution is -0.117. The minimum atomic E-state index is -0.390. The molecule has 3 aromatic rings. The van der Waals surface area contributed by atoms with E-state index in [0.717, 1.165) is 11.4 Å². The number of amides is 2. The molecule has 1 aliphatic heterocycles. The van der Waals surface area contributed by atoms with Crippen LogP contribution in [0.2, 0.25) is 5.02 Å². The molecule has 0 aliphatic carbocycles. The molecule has 148 valence electrons. The first-order chi connectivity index (χ1) is 14.0. The number of hydrogen-bond acceptors (Lipinski definition) is 6. The van der Waals surface area contributed by atoms with E-state index in [-0.39, 0.29) is 30.2 Å². The third-order valence-corrected chi connectivity index (χ3v) is 4.88. The predicted octanol–water partition coefficient (Wildman–Crippen LogP) is 3.50. The molecule has 1 saturated heterocycles. The Balaban J connectivity index is 1.43. The highest BCUT2D eigenvalue weighted by Crippen LogP contribution is 2.32. The van der Waals surface area contributed by atoms with Crippen molar-refractivity contribution in [3.63, 3.8) is 0 Å². The molecule has 0 saturated carbocycles. The van der Waals surface area contributed by atoms with Crippen molar-refractivity contribution in [3.05, 3.63) is 65.0 Å². The summed E-state index contributed by atoms with van der Waals surface area (Å²) in [6.07, 6.45) is 0.249. The minimum absolute atomic E-state index is 0.0182. The molecule has 2 amide bonds. The number of carbonyl (C=O) groups excluding carboxylic acids is 2. The third-order valence-electron chi connectivity index (χ3n) is 4.63. The van der Waals surface area contributed by atoms with Crippen LogP contribution in [0.15, 0.2) is 52.9 Å². The lowest BCUT2D eigenvalue weighted by Crippen LogP contribution is -2.24. The van der Waals surface area contributed by atoms with E-state index in [0.29, 0.717) is 23.0 Å². The number of hydrogen-bond donors (Lipinski definition) is 1. The molecule has 29 heavy (non-hydrogen) atoms. The van der Waals surface area contributed by atoms with Crippen LogP contribution >= 0.6 is 11.6 Å². The van der Waals surface area contributed by atoms with Gasteiger partial charge in [0.2, 0.25) is 11.8 Å². The highest BCUT2D eigenvalue weighted by atomic mass is 35.5. The highest BCUT2D eigenvalue weighted by molar-refractivity contribution is 6.30. The molecule has 0 radical (unpaired) electrons. The van der Waals surface area contributed by atoms with E-state index in [4.69, 9.17) is 20.8 Å². The monoisotopic (exact) mass is 412 g/mol. The van der Waals surface area contributed by atoms with Crippen LogP contribution in [0.4, 0.5) is 11.7 Å². The summed E-state index contributed by atoms with van der Waals surface area (Å²) in [6, 6.07) is 13.7. The molecular formula is C20H17ClN4O4. The van der Waals surface area contributed by atoms with Crippen LogP contribution in [0, 0.1) is 0 Å². The van der Waals surface area contributed by atoms with E-state index in [2.05, 4.69) is 15.5 Å². The van der Waals surface area contributed by atoms with Gasteiger partial charge >= 0.3 is 6.01 Å². The summed E-state index contributed by atoms with van der Waals surface area (Å²) in [5.74, 6) is 0.346. The average molecular weight is 413 g/mol. The van der Waals surface area contributed by atoms with Gasteiger partial charge in [0.15, 0.2) is 0 Å². The molecule has 0 spiro atoms. The number of nitrogens with one attached hydrogen (secondary N) is 1. The van der Waals surface area contributed by atoms with Crippen LogP contribution in [0.25, 0.3) is 0 Å². The fourth-order valence-corrected chi connectivity index (χ4v) is 3.23. The molecular weight excluding hydrogens is 396 g/mol. The van der Waals surface area contributed by atoms with Crippen LogP contribution in [0.5, 0.6) is 5.75 Å². The summed E-state index contributed by atoms with van der Waals surface area (Å²) < 4.78 is 10.7. The van der Waals surface area contributed by atoms with Gasteiger partial charge in [0.05, 0.1) is 13.0 Å². The summed E-state index contributed by atoms with van der Waals surface area (Å²) in [4.78, 5) is 26.3. The van der Waals surface area contributed by atoms with Crippen molar-refractivity contribution in [2.75, 3.05) is 23.9 Å². The zero-order valence-electron chi connectivity index (χ0n) is 15.5. The molecule has 4 rings (SSSR count). The zero-order valence-corrected chi connectivity index (χ0v) is 16.2. The second kappa shape index (κ2) is 7.92. The van der Waals surface area contributed by atoms with Gasteiger partial charge in [-0.2, -0.15) is 0 Å². The van der Waals surface area contributed by atoms with Crippen LogP contribution in [-0.2, 0) is 4.79 Å². The van der Waals surface area contributed by atoms with Crippen molar-refractivity contribution in [1.29, 1.82) is 0 Å². The Labute approximate surface area is 171 Å². The van der Waals surface area contributed by atoms with E-state index in [9.17, 15) is 9.59 Å². The Morgan fingerprint density at radius 2 is 1.90 bits per heavy atom. The summed E-state index contributed by atoms with van der Waals surface area (Å²) in [5.41, 5.74) is 1.19. The molecule has 1 N–H and O–H groups in total. The largest absolute Gasteiger partial charge is 0.497 e. The first-order valence-electron chi connectivity index (χ1n) is 8.88. The van der Waals surface area contributed by atoms with Crippen LogP contribution in [-0.4, -0.2) is 35.7 Å². The van der Waals surface area contributed by atoms with Crippen molar-refractivity contribution >= 4 is 35.1 Å². The molecule has 1 fully saturated rings. The van der Waals surface area contributed by atoms with Gasteiger partial charge in [-0.25, -0.2) is 0 Å². The third kappa shape index (κ3) is 4.07. The maximum atomic E-state index is 12.4. The number of benzene rings is 2. The van der Waals surface area contributed by atoms with E-state index < -0.39 is 0 Å². The summed E-state index contributed by atoms with van der Waals surface area (Å²) >= 11 is 5.83. The smallest absolute Gasteiger partial charge is 0.322 e. The number of methoxy groups -OCH3 is 1.